The standard InChI is InChI=1S/C16H19ClFN5O/c1-2-19-16(24)15-4-3-7-22(15)9-11-10-23(21-20-11)12-5-6-14(18)13(17)8-12/h5-6,8,10,15H,2-4,7,9H2,1H3,(H,19,24)/t15-/m1/s1. The fourth-order valence-electron chi connectivity index (χ4n) is 2.94. The van der Waals surface area contributed by atoms with Crippen molar-refractivity contribution in [2.24, 2.45) is 0 Å². The summed E-state index contributed by atoms with van der Waals surface area (Å²) < 4.78 is 14.8. The van der Waals surface area contributed by atoms with E-state index in [1.54, 1.807) is 16.9 Å². The van der Waals surface area contributed by atoms with Crippen LogP contribution in [0.15, 0.2) is 24.4 Å². The molecule has 1 aliphatic heterocycles. The summed E-state index contributed by atoms with van der Waals surface area (Å²) in [7, 11) is 0. The number of benzene rings is 1. The average Bonchev–Trinajstić information content (AvgIpc) is 3.20. The lowest BCUT2D eigenvalue weighted by Gasteiger charge is -2.22. The minimum absolute atomic E-state index is 0.0420. The van der Waals surface area contributed by atoms with Crippen LogP contribution in [-0.2, 0) is 11.3 Å². The second-order valence-corrected chi connectivity index (χ2v) is 6.18. The van der Waals surface area contributed by atoms with Crippen molar-refractivity contribution in [2.45, 2.75) is 32.4 Å². The summed E-state index contributed by atoms with van der Waals surface area (Å²) in [4.78, 5) is 14.2. The van der Waals surface area contributed by atoms with Gasteiger partial charge in [-0.2, -0.15) is 0 Å². The van der Waals surface area contributed by atoms with Crippen molar-refractivity contribution >= 4 is 17.5 Å². The van der Waals surface area contributed by atoms with Crippen LogP contribution in [0.25, 0.3) is 5.69 Å². The lowest BCUT2D eigenvalue weighted by atomic mass is 10.2. The molecule has 1 amide bonds. The molecule has 2 aromatic rings. The molecule has 1 aromatic carbocycles. The normalized spacial score (nSPS) is 18.0. The third-order valence-electron chi connectivity index (χ3n) is 4.09. The molecule has 24 heavy (non-hydrogen) atoms. The van der Waals surface area contributed by atoms with Crippen LogP contribution in [0.2, 0.25) is 5.02 Å². The van der Waals surface area contributed by atoms with Gasteiger partial charge in [0.05, 0.1) is 28.6 Å². The van der Waals surface area contributed by atoms with Crippen LogP contribution >= 0.6 is 11.6 Å². The number of nitrogens with one attached hydrogen (secondary N) is 1. The molecule has 1 aromatic heterocycles. The molecule has 1 saturated heterocycles. The predicted molar refractivity (Wildman–Crippen MR) is 88.4 cm³/mol. The highest BCUT2D eigenvalue weighted by atomic mass is 35.5. The molecule has 1 atom stereocenters. The van der Waals surface area contributed by atoms with Crippen LogP contribution in [0, 0.1) is 5.82 Å². The number of likely N-dealkylation sites (tertiary alicyclic amines) is 1. The van der Waals surface area contributed by atoms with Crippen LogP contribution < -0.4 is 5.32 Å². The molecule has 1 fully saturated rings. The maximum Gasteiger partial charge on any atom is 0.237 e. The van der Waals surface area contributed by atoms with E-state index < -0.39 is 5.82 Å². The van der Waals surface area contributed by atoms with Gasteiger partial charge in [-0.15, -0.1) is 5.10 Å². The largest absolute Gasteiger partial charge is 0.355 e. The van der Waals surface area contributed by atoms with Crippen LogP contribution in [0.3, 0.4) is 0 Å². The monoisotopic (exact) mass is 351 g/mol. The highest BCUT2D eigenvalue weighted by Gasteiger charge is 2.30. The Morgan fingerprint density at radius 3 is 3.08 bits per heavy atom. The number of rotatable bonds is 5. The molecule has 0 bridgehead atoms. The summed E-state index contributed by atoms with van der Waals surface area (Å²) in [5.74, 6) is -0.407. The Hall–Kier alpha value is -1.99. The van der Waals surface area contributed by atoms with E-state index in [4.69, 9.17) is 11.6 Å². The number of carbonyl (C=O) groups is 1. The number of amides is 1. The quantitative estimate of drug-likeness (QED) is 0.896. The zero-order valence-electron chi connectivity index (χ0n) is 13.4. The van der Waals surface area contributed by atoms with Crippen molar-refractivity contribution in [2.75, 3.05) is 13.1 Å². The zero-order valence-corrected chi connectivity index (χ0v) is 14.1. The van der Waals surface area contributed by atoms with Crippen molar-refractivity contribution in [3.63, 3.8) is 0 Å². The number of aromatic nitrogens is 3. The van der Waals surface area contributed by atoms with E-state index in [1.165, 1.54) is 12.1 Å². The maximum absolute atomic E-state index is 13.2. The summed E-state index contributed by atoms with van der Waals surface area (Å²) in [5, 5.41) is 11.1. The molecule has 0 radical (unpaired) electrons. The van der Waals surface area contributed by atoms with Gasteiger partial charge in [0.2, 0.25) is 5.91 Å². The molecule has 1 aliphatic rings. The van der Waals surface area contributed by atoms with E-state index in [-0.39, 0.29) is 17.0 Å². The van der Waals surface area contributed by atoms with Crippen LogP contribution in [-0.4, -0.2) is 44.9 Å². The lowest BCUT2D eigenvalue weighted by Crippen LogP contribution is -2.42. The first-order valence-electron chi connectivity index (χ1n) is 7.97. The smallest absolute Gasteiger partial charge is 0.237 e. The number of nitrogens with zero attached hydrogens (tertiary/aromatic N) is 4. The van der Waals surface area contributed by atoms with Crippen molar-refractivity contribution in [3.8, 4) is 5.69 Å². The Labute approximate surface area is 144 Å². The van der Waals surface area contributed by atoms with E-state index >= 15 is 0 Å². The first-order chi connectivity index (χ1) is 11.6. The number of carbonyl (C=O) groups excluding carboxylic acids is 1. The van der Waals surface area contributed by atoms with Gasteiger partial charge in [-0.05, 0) is 44.5 Å². The molecule has 8 heteroatoms. The Balaban J connectivity index is 1.71. The zero-order chi connectivity index (χ0) is 17.1. The Morgan fingerprint density at radius 2 is 2.33 bits per heavy atom. The molecule has 3 rings (SSSR count). The third-order valence-corrected chi connectivity index (χ3v) is 4.38. The minimum atomic E-state index is -0.470. The number of hydrogen-bond donors (Lipinski definition) is 1. The van der Waals surface area contributed by atoms with Gasteiger partial charge in [0, 0.05) is 13.1 Å². The van der Waals surface area contributed by atoms with E-state index in [9.17, 15) is 9.18 Å². The molecular weight excluding hydrogens is 333 g/mol. The summed E-state index contributed by atoms with van der Waals surface area (Å²) >= 11 is 5.80. The number of halogens is 2. The second-order valence-electron chi connectivity index (χ2n) is 5.78. The highest BCUT2D eigenvalue weighted by Crippen LogP contribution is 2.21. The van der Waals surface area contributed by atoms with Gasteiger partial charge < -0.3 is 5.32 Å². The molecule has 1 N–H and O–H groups in total. The Kier molecular flexibility index (Phi) is 5.11. The Bertz CT molecular complexity index is 735. The molecule has 0 unspecified atom stereocenters. The molecule has 0 spiro atoms. The van der Waals surface area contributed by atoms with Crippen molar-refractivity contribution < 1.29 is 9.18 Å². The van der Waals surface area contributed by atoms with Crippen molar-refractivity contribution in [1.29, 1.82) is 0 Å². The number of hydrogen-bond acceptors (Lipinski definition) is 4. The molecule has 0 aliphatic carbocycles. The maximum atomic E-state index is 13.2. The summed E-state index contributed by atoms with van der Waals surface area (Å²) in [6.45, 7) is 3.95. The SMILES string of the molecule is CCNC(=O)[C@H]1CCCN1Cc1cn(-c2ccc(F)c(Cl)c2)nn1. The van der Waals surface area contributed by atoms with E-state index in [0.29, 0.717) is 18.8 Å². The fraction of sp³-hybridized carbons (Fsp3) is 0.438. The molecule has 6 nitrogen and oxygen atoms in total. The highest BCUT2D eigenvalue weighted by molar-refractivity contribution is 6.30. The molecule has 0 saturated carbocycles. The van der Waals surface area contributed by atoms with Gasteiger partial charge in [0.1, 0.15) is 5.82 Å². The molecule has 128 valence electrons. The number of likely N-dealkylation sites (N-methyl/N-ethyl adjacent to an activating group) is 1. The van der Waals surface area contributed by atoms with Gasteiger partial charge in [-0.25, -0.2) is 9.07 Å². The van der Waals surface area contributed by atoms with Gasteiger partial charge in [0.25, 0.3) is 0 Å². The van der Waals surface area contributed by atoms with Gasteiger partial charge >= 0.3 is 0 Å². The van der Waals surface area contributed by atoms with Gasteiger partial charge in [0.15, 0.2) is 0 Å². The van der Waals surface area contributed by atoms with Crippen LogP contribution in [0.1, 0.15) is 25.5 Å². The third kappa shape index (κ3) is 3.57. The minimum Gasteiger partial charge on any atom is -0.355 e. The van der Waals surface area contributed by atoms with Crippen LogP contribution in [0.5, 0.6) is 0 Å². The molecular formula is C16H19ClFN5O. The van der Waals surface area contributed by atoms with Gasteiger partial charge in [-0.1, -0.05) is 16.8 Å². The fourth-order valence-corrected chi connectivity index (χ4v) is 3.11. The average molecular weight is 352 g/mol. The van der Waals surface area contributed by atoms with E-state index in [2.05, 4.69) is 20.5 Å². The predicted octanol–water partition coefficient (Wildman–Crippen LogP) is 2.16. The molecule has 2 heterocycles. The van der Waals surface area contributed by atoms with Crippen molar-refractivity contribution in [3.05, 3.63) is 40.9 Å². The first kappa shape index (κ1) is 16.9. The first-order valence-corrected chi connectivity index (χ1v) is 8.34. The van der Waals surface area contributed by atoms with E-state index in [1.807, 2.05) is 6.92 Å². The summed E-state index contributed by atoms with van der Waals surface area (Å²) in [6, 6.07) is 4.27. The summed E-state index contributed by atoms with van der Waals surface area (Å²) in [5.41, 5.74) is 1.40. The van der Waals surface area contributed by atoms with Gasteiger partial charge in [-0.3, -0.25) is 9.69 Å². The second kappa shape index (κ2) is 7.27. The Morgan fingerprint density at radius 1 is 1.50 bits per heavy atom. The van der Waals surface area contributed by atoms with E-state index in [0.717, 1.165) is 25.1 Å². The van der Waals surface area contributed by atoms with Crippen LogP contribution in [0.4, 0.5) is 4.39 Å². The lowest BCUT2D eigenvalue weighted by molar-refractivity contribution is -0.125. The summed E-state index contributed by atoms with van der Waals surface area (Å²) in [6.07, 6.45) is 3.62. The topological polar surface area (TPSA) is 63.1 Å². The van der Waals surface area contributed by atoms with Crippen molar-refractivity contribution in [1.82, 2.24) is 25.2 Å².